The summed E-state index contributed by atoms with van der Waals surface area (Å²) in [4.78, 5) is 38.7. The van der Waals surface area contributed by atoms with Crippen molar-refractivity contribution < 1.29 is 14.4 Å². The molecule has 1 aliphatic rings. The Morgan fingerprint density at radius 3 is 2.31 bits per heavy atom. The van der Waals surface area contributed by atoms with Crippen LogP contribution in [0.2, 0.25) is 0 Å². The molecule has 1 N–H and O–H groups in total. The SMILES string of the molecule is CCCc1ccc(C(=O)CN2C(=O)N[C@](C)(c3ccccc3)C2=O)cc1. The highest BCUT2D eigenvalue weighted by Crippen LogP contribution is 2.28. The molecule has 2 aromatic carbocycles. The molecule has 0 spiro atoms. The monoisotopic (exact) mass is 350 g/mol. The highest BCUT2D eigenvalue weighted by molar-refractivity contribution is 6.11. The smallest absolute Gasteiger partial charge is 0.319 e. The largest absolute Gasteiger partial charge is 0.325 e. The Balaban J connectivity index is 1.76. The van der Waals surface area contributed by atoms with Crippen molar-refractivity contribution in [3.8, 4) is 0 Å². The highest BCUT2D eigenvalue weighted by atomic mass is 16.2. The lowest BCUT2D eigenvalue weighted by Crippen LogP contribution is -2.41. The number of carbonyl (C=O) groups is 3. The van der Waals surface area contributed by atoms with Crippen molar-refractivity contribution in [2.75, 3.05) is 6.54 Å². The van der Waals surface area contributed by atoms with Crippen molar-refractivity contribution in [3.63, 3.8) is 0 Å². The van der Waals surface area contributed by atoms with Gasteiger partial charge in [-0.15, -0.1) is 0 Å². The number of rotatable bonds is 6. The molecule has 5 nitrogen and oxygen atoms in total. The molecule has 1 saturated heterocycles. The molecule has 5 heteroatoms. The molecule has 1 atom stereocenters. The molecule has 3 amide bonds. The van der Waals surface area contributed by atoms with Crippen LogP contribution in [0.4, 0.5) is 4.79 Å². The van der Waals surface area contributed by atoms with Crippen LogP contribution in [0.15, 0.2) is 54.6 Å². The Morgan fingerprint density at radius 2 is 1.69 bits per heavy atom. The van der Waals surface area contributed by atoms with Crippen LogP contribution in [0.1, 0.15) is 41.8 Å². The zero-order valence-electron chi connectivity index (χ0n) is 15.0. The summed E-state index contributed by atoms with van der Waals surface area (Å²) in [5.41, 5.74) is 1.20. The number of nitrogens with one attached hydrogen (secondary N) is 1. The van der Waals surface area contributed by atoms with E-state index in [1.165, 1.54) is 0 Å². The summed E-state index contributed by atoms with van der Waals surface area (Å²) in [6.07, 6.45) is 1.99. The average Bonchev–Trinajstić information content (AvgIpc) is 2.87. The lowest BCUT2D eigenvalue weighted by Gasteiger charge is -2.22. The topological polar surface area (TPSA) is 66.5 Å². The molecular formula is C21H22N2O3. The van der Waals surface area contributed by atoms with Gasteiger partial charge in [0.25, 0.3) is 5.91 Å². The van der Waals surface area contributed by atoms with E-state index in [4.69, 9.17) is 0 Å². The minimum atomic E-state index is -1.15. The van der Waals surface area contributed by atoms with Gasteiger partial charge in [-0.2, -0.15) is 0 Å². The van der Waals surface area contributed by atoms with Crippen LogP contribution in [-0.4, -0.2) is 29.2 Å². The molecule has 1 heterocycles. The number of aryl methyl sites for hydroxylation is 1. The number of amides is 3. The van der Waals surface area contributed by atoms with E-state index in [1.54, 1.807) is 31.2 Å². The molecule has 26 heavy (non-hydrogen) atoms. The molecule has 0 radical (unpaired) electrons. The Morgan fingerprint density at radius 1 is 1.04 bits per heavy atom. The molecule has 1 aliphatic heterocycles. The second-order valence-electron chi connectivity index (χ2n) is 6.68. The van der Waals surface area contributed by atoms with Crippen molar-refractivity contribution in [2.45, 2.75) is 32.2 Å². The van der Waals surface area contributed by atoms with Crippen molar-refractivity contribution in [3.05, 3.63) is 71.3 Å². The Bertz CT molecular complexity index is 830. The predicted octanol–water partition coefficient (Wildman–Crippen LogP) is 3.29. The van der Waals surface area contributed by atoms with E-state index in [2.05, 4.69) is 12.2 Å². The number of carbonyl (C=O) groups excluding carboxylic acids is 3. The molecule has 2 aromatic rings. The van der Waals surface area contributed by atoms with Gasteiger partial charge >= 0.3 is 6.03 Å². The standard InChI is InChI=1S/C21H22N2O3/c1-3-7-15-10-12-16(13-11-15)18(24)14-23-19(25)21(2,22-20(23)26)17-8-5-4-6-9-17/h4-6,8-13H,3,7,14H2,1-2H3,(H,22,26)/t21-/m1/s1. The number of hydrogen-bond donors (Lipinski definition) is 1. The summed E-state index contributed by atoms with van der Waals surface area (Å²) in [6.45, 7) is 3.49. The zero-order valence-corrected chi connectivity index (χ0v) is 15.0. The molecule has 134 valence electrons. The third-order valence-corrected chi connectivity index (χ3v) is 4.74. The van der Waals surface area contributed by atoms with E-state index in [-0.39, 0.29) is 12.3 Å². The maximum absolute atomic E-state index is 12.8. The van der Waals surface area contributed by atoms with Crippen LogP contribution in [-0.2, 0) is 16.8 Å². The van der Waals surface area contributed by atoms with Crippen molar-refractivity contribution in [1.29, 1.82) is 0 Å². The number of nitrogens with zero attached hydrogens (tertiary/aromatic N) is 1. The lowest BCUT2D eigenvalue weighted by molar-refractivity contribution is -0.130. The van der Waals surface area contributed by atoms with E-state index in [9.17, 15) is 14.4 Å². The fourth-order valence-electron chi connectivity index (χ4n) is 3.19. The van der Waals surface area contributed by atoms with Gasteiger partial charge in [0.15, 0.2) is 5.78 Å². The summed E-state index contributed by atoms with van der Waals surface area (Å²) >= 11 is 0. The predicted molar refractivity (Wildman–Crippen MR) is 98.8 cm³/mol. The first-order chi connectivity index (χ1) is 12.5. The molecule has 0 saturated carbocycles. The number of urea groups is 1. The summed E-state index contributed by atoms with van der Waals surface area (Å²) in [7, 11) is 0. The summed E-state index contributed by atoms with van der Waals surface area (Å²) in [6, 6.07) is 15.8. The van der Waals surface area contributed by atoms with Crippen LogP contribution in [0.3, 0.4) is 0 Å². The van der Waals surface area contributed by atoms with E-state index >= 15 is 0 Å². The highest BCUT2D eigenvalue weighted by Gasteiger charge is 2.49. The minimum absolute atomic E-state index is 0.256. The first kappa shape index (κ1) is 17.9. The Hall–Kier alpha value is -2.95. The molecule has 0 aliphatic carbocycles. The van der Waals surface area contributed by atoms with Crippen molar-refractivity contribution in [1.82, 2.24) is 10.2 Å². The molecule has 1 fully saturated rings. The van der Waals surface area contributed by atoms with E-state index in [0.717, 1.165) is 23.3 Å². The van der Waals surface area contributed by atoms with Crippen LogP contribution in [0, 0.1) is 0 Å². The van der Waals surface area contributed by atoms with E-state index in [1.807, 2.05) is 30.3 Å². The van der Waals surface area contributed by atoms with Gasteiger partial charge in [-0.3, -0.25) is 14.5 Å². The zero-order chi connectivity index (χ0) is 18.7. The van der Waals surface area contributed by atoms with Gasteiger partial charge in [-0.1, -0.05) is 67.9 Å². The third kappa shape index (κ3) is 3.25. The summed E-state index contributed by atoms with van der Waals surface area (Å²) < 4.78 is 0. The fourth-order valence-corrected chi connectivity index (χ4v) is 3.19. The second kappa shape index (κ2) is 7.12. The lowest BCUT2D eigenvalue weighted by atomic mass is 9.92. The molecule has 0 aromatic heterocycles. The quantitative estimate of drug-likeness (QED) is 0.642. The average molecular weight is 350 g/mol. The van der Waals surface area contributed by atoms with Gasteiger partial charge in [0, 0.05) is 5.56 Å². The third-order valence-electron chi connectivity index (χ3n) is 4.74. The number of ketones is 1. The maximum Gasteiger partial charge on any atom is 0.325 e. The van der Waals surface area contributed by atoms with Crippen LogP contribution < -0.4 is 5.32 Å². The second-order valence-corrected chi connectivity index (χ2v) is 6.68. The minimum Gasteiger partial charge on any atom is -0.319 e. The normalized spacial score (nSPS) is 19.5. The number of imide groups is 1. The van der Waals surface area contributed by atoms with Crippen molar-refractivity contribution >= 4 is 17.7 Å². The molecule has 3 rings (SSSR count). The first-order valence-corrected chi connectivity index (χ1v) is 8.77. The number of benzene rings is 2. The number of Topliss-reactive ketones (excluding diaryl/α,β-unsaturated/α-hetero) is 1. The summed E-state index contributed by atoms with van der Waals surface area (Å²) in [5, 5.41) is 2.71. The number of hydrogen-bond acceptors (Lipinski definition) is 3. The van der Waals surface area contributed by atoms with E-state index in [0.29, 0.717) is 11.1 Å². The van der Waals surface area contributed by atoms with Gasteiger partial charge in [0.2, 0.25) is 0 Å². The van der Waals surface area contributed by atoms with Crippen molar-refractivity contribution in [2.24, 2.45) is 0 Å². The van der Waals surface area contributed by atoms with Crippen LogP contribution in [0.5, 0.6) is 0 Å². The molecular weight excluding hydrogens is 328 g/mol. The Labute approximate surface area is 153 Å². The van der Waals surface area contributed by atoms with E-state index < -0.39 is 17.5 Å². The van der Waals surface area contributed by atoms with Crippen LogP contribution >= 0.6 is 0 Å². The van der Waals surface area contributed by atoms with Gasteiger partial charge in [0.1, 0.15) is 5.54 Å². The maximum atomic E-state index is 12.8. The molecule has 0 bridgehead atoms. The van der Waals surface area contributed by atoms with Gasteiger partial charge in [-0.25, -0.2) is 4.79 Å². The first-order valence-electron chi connectivity index (χ1n) is 8.77. The van der Waals surface area contributed by atoms with Gasteiger partial charge in [0.05, 0.1) is 6.54 Å². The molecule has 0 unspecified atom stereocenters. The fraction of sp³-hybridized carbons (Fsp3) is 0.286. The van der Waals surface area contributed by atoms with Gasteiger partial charge < -0.3 is 5.32 Å². The Kier molecular flexibility index (Phi) is 4.89. The van der Waals surface area contributed by atoms with Crippen LogP contribution in [0.25, 0.3) is 0 Å². The summed E-state index contributed by atoms with van der Waals surface area (Å²) in [5.74, 6) is -0.668. The van der Waals surface area contributed by atoms with Gasteiger partial charge in [-0.05, 0) is 24.5 Å².